The van der Waals surface area contributed by atoms with Gasteiger partial charge in [-0.05, 0) is 6.92 Å². The number of nitrogens with one attached hydrogen (secondary N) is 1. The fourth-order valence-corrected chi connectivity index (χ4v) is 2.12. The first-order valence-electron chi connectivity index (χ1n) is 6.89. The predicted molar refractivity (Wildman–Crippen MR) is 77.5 cm³/mol. The lowest BCUT2D eigenvalue weighted by Crippen LogP contribution is -2.19. The molecule has 110 valence electrons. The standard InChI is InChI=1S/C14H23N5O/c1-12-13(10-15-6-9-20-3)11-17-19(12)7-4-14-16-5-8-18(14)2/h5,8,11,15H,4,6-7,9-10H2,1-3H3. The third kappa shape index (κ3) is 3.68. The molecule has 2 aromatic rings. The van der Waals surface area contributed by atoms with Gasteiger partial charge in [-0.1, -0.05) is 0 Å². The molecule has 0 spiro atoms. The van der Waals surface area contributed by atoms with Crippen molar-refractivity contribution in [1.29, 1.82) is 0 Å². The summed E-state index contributed by atoms with van der Waals surface area (Å²) >= 11 is 0. The van der Waals surface area contributed by atoms with Gasteiger partial charge in [-0.3, -0.25) is 4.68 Å². The highest BCUT2D eigenvalue weighted by Crippen LogP contribution is 2.08. The van der Waals surface area contributed by atoms with Crippen molar-refractivity contribution in [2.45, 2.75) is 26.4 Å². The molecule has 0 atom stereocenters. The van der Waals surface area contributed by atoms with E-state index in [2.05, 4.69) is 22.3 Å². The molecule has 0 fully saturated rings. The smallest absolute Gasteiger partial charge is 0.110 e. The molecule has 6 nitrogen and oxygen atoms in total. The number of rotatable bonds is 8. The highest BCUT2D eigenvalue weighted by molar-refractivity contribution is 5.15. The molecule has 2 rings (SSSR count). The van der Waals surface area contributed by atoms with Crippen molar-refractivity contribution < 1.29 is 4.74 Å². The molecule has 0 aliphatic heterocycles. The molecule has 1 N–H and O–H groups in total. The lowest BCUT2D eigenvalue weighted by Gasteiger charge is -2.07. The molecule has 0 saturated carbocycles. The third-order valence-electron chi connectivity index (χ3n) is 3.47. The van der Waals surface area contributed by atoms with Crippen LogP contribution in [-0.4, -0.2) is 39.6 Å². The van der Waals surface area contributed by atoms with E-state index in [1.165, 1.54) is 11.3 Å². The molecular formula is C14H23N5O. The van der Waals surface area contributed by atoms with E-state index >= 15 is 0 Å². The maximum atomic E-state index is 5.01. The van der Waals surface area contributed by atoms with Gasteiger partial charge in [0, 0.05) is 63.9 Å². The van der Waals surface area contributed by atoms with E-state index in [1.54, 1.807) is 7.11 Å². The van der Waals surface area contributed by atoms with Crippen LogP contribution in [0.4, 0.5) is 0 Å². The predicted octanol–water partition coefficient (Wildman–Crippen LogP) is 0.904. The Morgan fingerprint density at radius 3 is 2.95 bits per heavy atom. The number of aryl methyl sites for hydroxylation is 3. The van der Waals surface area contributed by atoms with Crippen LogP contribution in [0.25, 0.3) is 0 Å². The summed E-state index contributed by atoms with van der Waals surface area (Å²) in [4.78, 5) is 4.33. The Morgan fingerprint density at radius 1 is 1.40 bits per heavy atom. The van der Waals surface area contributed by atoms with Gasteiger partial charge < -0.3 is 14.6 Å². The van der Waals surface area contributed by atoms with Crippen LogP contribution in [0, 0.1) is 6.92 Å². The molecule has 6 heteroatoms. The highest BCUT2D eigenvalue weighted by Gasteiger charge is 2.07. The molecule has 0 bridgehead atoms. The van der Waals surface area contributed by atoms with E-state index in [9.17, 15) is 0 Å². The Balaban J connectivity index is 1.86. The van der Waals surface area contributed by atoms with Gasteiger partial charge in [-0.15, -0.1) is 0 Å². The number of imidazole rings is 1. The molecule has 0 aliphatic carbocycles. The zero-order chi connectivity index (χ0) is 14.4. The van der Waals surface area contributed by atoms with Crippen LogP contribution in [0.15, 0.2) is 18.6 Å². The van der Waals surface area contributed by atoms with Crippen molar-refractivity contribution in [3.05, 3.63) is 35.7 Å². The second-order valence-electron chi connectivity index (χ2n) is 4.85. The van der Waals surface area contributed by atoms with Crippen LogP contribution in [0.1, 0.15) is 17.1 Å². The fourth-order valence-electron chi connectivity index (χ4n) is 2.12. The summed E-state index contributed by atoms with van der Waals surface area (Å²) in [5, 5.41) is 7.79. The van der Waals surface area contributed by atoms with Gasteiger partial charge in [0.25, 0.3) is 0 Å². The molecular weight excluding hydrogens is 254 g/mol. The molecule has 2 aromatic heterocycles. The summed E-state index contributed by atoms with van der Waals surface area (Å²) in [6.45, 7) is 5.38. The molecule has 0 saturated heterocycles. The van der Waals surface area contributed by atoms with Crippen molar-refractivity contribution in [1.82, 2.24) is 24.6 Å². The molecule has 20 heavy (non-hydrogen) atoms. The van der Waals surface area contributed by atoms with Gasteiger partial charge in [-0.25, -0.2) is 4.98 Å². The number of ether oxygens (including phenoxy) is 1. The van der Waals surface area contributed by atoms with E-state index in [-0.39, 0.29) is 0 Å². The van der Waals surface area contributed by atoms with Crippen molar-refractivity contribution >= 4 is 0 Å². The van der Waals surface area contributed by atoms with Crippen molar-refractivity contribution in [2.75, 3.05) is 20.3 Å². The minimum Gasteiger partial charge on any atom is -0.383 e. The Morgan fingerprint density at radius 2 is 2.25 bits per heavy atom. The zero-order valence-electron chi connectivity index (χ0n) is 12.5. The first-order chi connectivity index (χ1) is 9.72. The Labute approximate surface area is 119 Å². The highest BCUT2D eigenvalue weighted by atomic mass is 16.5. The summed E-state index contributed by atoms with van der Waals surface area (Å²) in [7, 11) is 3.73. The van der Waals surface area contributed by atoms with E-state index in [1.807, 2.05) is 34.9 Å². The van der Waals surface area contributed by atoms with Crippen LogP contribution in [0.5, 0.6) is 0 Å². The second-order valence-corrected chi connectivity index (χ2v) is 4.85. The number of aromatic nitrogens is 4. The molecule has 2 heterocycles. The van der Waals surface area contributed by atoms with Gasteiger partial charge in [0.2, 0.25) is 0 Å². The first-order valence-corrected chi connectivity index (χ1v) is 6.89. The maximum Gasteiger partial charge on any atom is 0.110 e. The summed E-state index contributed by atoms with van der Waals surface area (Å²) in [5.74, 6) is 1.08. The quantitative estimate of drug-likeness (QED) is 0.729. The van der Waals surface area contributed by atoms with Crippen LogP contribution in [0.2, 0.25) is 0 Å². The van der Waals surface area contributed by atoms with Crippen molar-refractivity contribution in [3.8, 4) is 0 Å². The Bertz CT molecular complexity index is 531. The van der Waals surface area contributed by atoms with Crippen LogP contribution < -0.4 is 5.32 Å². The molecule has 0 aromatic carbocycles. The van der Waals surface area contributed by atoms with Crippen LogP contribution >= 0.6 is 0 Å². The molecule has 0 aliphatic rings. The Kier molecular flexibility index (Phi) is 5.31. The number of methoxy groups -OCH3 is 1. The monoisotopic (exact) mass is 277 g/mol. The second kappa shape index (κ2) is 7.21. The van der Waals surface area contributed by atoms with Crippen LogP contribution in [0.3, 0.4) is 0 Å². The average Bonchev–Trinajstić information content (AvgIpc) is 3.00. The Hall–Kier alpha value is -1.66. The molecule has 0 radical (unpaired) electrons. The van der Waals surface area contributed by atoms with E-state index in [0.29, 0.717) is 0 Å². The number of nitrogens with zero attached hydrogens (tertiary/aromatic N) is 4. The fraction of sp³-hybridized carbons (Fsp3) is 0.571. The average molecular weight is 277 g/mol. The normalized spacial score (nSPS) is 11.2. The SMILES string of the molecule is COCCNCc1cnn(CCc2nccn2C)c1C. The molecule has 0 unspecified atom stereocenters. The van der Waals surface area contributed by atoms with Gasteiger partial charge in [0.05, 0.1) is 12.8 Å². The summed E-state index contributed by atoms with van der Waals surface area (Å²) in [6.07, 6.45) is 6.63. The maximum absolute atomic E-state index is 5.01. The topological polar surface area (TPSA) is 56.9 Å². The minimum atomic E-state index is 0.729. The lowest BCUT2D eigenvalue weighted by molar-refractivity contribution is 0.199. The largest absolute Gasteiger partial charge is 0.383 e. The number of hydrogen-bond acceptors (Lipinski definition) is 4. The van der Waals surface area contributed by atoms with E-state index in [4.69, 9.17) is 4.74 Å². The number of hydrogen-bond donors (Lipinski definition) is 1. The van der Waals surface area contributed by atoms with E-state index in [0.717, 1.165) is 38.5 Å². The van der Waals surface area contributed by atoms with Crippen molar-refractivity contribution in [2.24, 2.45) is 7.05 Å². The van der Waals surface area contributed by atoms with Gasteiger partial charge >= 0.3 is 0 Å². The van der Waals surface area contributed by atoms with Gasteiger partial charge in [-0.2, -0.15) is 5.10 Å². The lowest BCUT2D eigenvalue weighted by atomic mass is 10.2. The zero-order valence-corrected chi connectivity index (χ0v) is 12.5. The summed E-state index contributed by atoms with van der Waals surface area (Å²) in [6, 6.07) is 0. The van der Waals surface area contributed by atoms with Gasteiger partial charge in [0.15, 0.2) is 0 Å². The van der Waals surface area contributed by atoms with Crippen molar-refractivity contribution in [3.63, 3.8) is 0 Å². The third-order valence-corrected chi connectivity index (χ3v) is 3.47. The first kappa shape index (κ1) is 14.7. The van der Waals surface area contributed by atoms with E-state index < -0.39 is 0 Å². The minimum absolute atomic E-state index is 0.729. The summed E-state index contributed by atoms with van der Waals surface area (Å²) in [5.41, 5.74) is 2.45. The van der Waals surface area contributed by atoms with Gasteiger partial charge in [0.1, 0.15) is 5.82 Å². The molecule has 0 amide bonds. The van der Waals surface area contributed by atoms with Crippen LogP contribution in [-0.2, 0) is 31.3 Å². The summed E-state index contributed by atoms with van der Waals surface area (Å²) < 4.78 is 9.11.